The van der Waals surface area contributed by atoms with Crippen LogP contribution in [0.4, 0.5) is 0 Å². The topological polar surface area (TPSA) is 108 Å². The van der Waals surface area contributed by atoms with Gasteiger partial charge in [-0.05, 0) is 39.0 Å². The Hall–Kier alpha value is -1.21. The van der Waals surface area contributed by atoms with Crippen molar-refractivity contribution >= 4 is 19.8 Å². The van der Waals surface area contributed by atoms with Crippen LogP contribution in [0.2, 0.25) is 0 Å². The molecule has 0 aliphatic rings. The van der Waals surface area contributed by atoms with Crippen LogP contribution in [-0.4, -0.2) is 42.8 Å². The van der Waals surface area contributed by atoms with Gasteiger partial charge in [0.25, 0.3) is 0 Å². The highest BCUT2D eigenvalue weighted by atomic mass is 31.2. The molecule has 0 aromatic rings. The molecule has 0 spiro atoms. The molecule has 0 fully saturated rings. The van der Waals surface area contributed by atoms with E-state index in [9.17, 15) is 19.0 Å². The van der Waals surface area contributed by atoms with E-state index in [4.69, 9.17) is 14.0 Å². The maximum Gasteiger partial charge on any atom is 0.472 e. The van der Waals surface area contributed by atoms with Crippen molar-refractivity contribution in [1.29, 1.82) is 0 Å². The molecule has 0 bridgehead atoms. The number of hydrogen-bond acceptors (Lipinski definition) is 7. The molecule has 0 aromatic carbocycles. The van der Waals surface area contributed by atoms with E-state index in [-0.39, 0.29) is 32.0 Å². The average Bonchev–Trinajstić information content (AvgIpc) is 2.79. The second-order valence-electron chi connectivity index (χ2n) is 8.33. The van der Waals surface area contributed by atoms with E-state index >= 15 is 0 Å². The van der Waals surface area contributed by atoms with Gasteiger partial charge in [0.2, 0.25) is 0 Å². The molecule has 0 rings (SSSR count). The van der Waals surface area contributed by atoms with Crippen LogP contribution >= 0.6 is 7.82 Å². The molecule has 0 saturated carbocycles. The summed E-state index contributed by atoms with van der Waals surface area (Å²) in [5.41, 5.74) is 0. The minimum atomic E-state index is -4.24. The summed E-state index contributed by atoms with van der Waals surface area (Å²) in [6.07, 6.45) is 16.1. The smallest absolute Gasteiger partial charge is 0.462 e. The fourth-order valence-corrected chi connectivity index (χ4v) is 3.97. The second kappa shape index (κ2) is 22.3. The van der Waals surface area contributed by atoms with E-state index in [1.165, 1.54) is 0 Å². The third kappa shape index (κ3) is 21.3. The zero-order chi connectivity index (χ0) is 25.5. The number of ether oxygens (including phenoxy) is 2. The van der Waals surface area contributed by atoms with Gasteiger partial charge in [0.05, 0.1) is 13.2 Å². The second-order valence-corrected chi connectivity index (χ2v) is 9.78. The molecule has 1 N–H and O–H groups in total. The van der Waals surface area contributed by atoms with Crippen molar-refractivity contribution in [1.82, 2.24) is 0 Å². The molecule has 2 atom stereocenters. The summed E-state index contributed by atoms with van der Waals surface area (Å²) in [5, 5.41) is 0. The standard InChI is InChI=1S/C25H47O8P/c1-4-7-9-11-12-13-14-16-17-19-24(26)30-21-23(22-32-34(28,29)31-6-3)33-25(27)20-18-15-10-8-5-2/h7,9,23H,4-6,8,10-22H2,1-3H3,(H,28,29)/b9-7+/t23-/m1/s1. The molecule has 0 heterocycles. The van der Waals surface area contributed by atoms with Gasteiger partial charge in [-0.1, -0.05) is 70.9 Å². The van der Waals surface area contributed by atoms with Crippen LogP contribution in [0.25, 0.3) is 0 Å². The van der Waals surface area contributed by atoms with Gasteiger partial charge in [-0.2, -0.15) is 0 Å². The average molecular weight is 507 g/mol. The maximum absolute atomic E-state index is 12.2. The number of phosphoric acid groups is 1. The molecule has 0 aliphatic heterocycles. The number of phosphoric ester groups is 1. The highest BCUT2D eigenvalue weighted by Crippen LogP contribution is 2.43. The summed E-state index contributed by atoms with van der Waals surface area (Å²) in [6, 6.07) is 0. The molecule has 8 nitrogen and oxygen atoms in total. The van der Waals surface area contributed by atoms with Gasteiger partial charge >= 0.3 is 19.8 Å². The molecule has 9 heteroatoms. The third-order valence-corrected chi connectivity index (χ3v) is 6.14. The lowest BCUT2D eigenvalue weighted by molar-refractivity contribution is -0.161. The molecule has 0 saturated heterocycles. The van der Waals surface area contributed by atoms with Crippen LogP contribution in [-0.2, 0) is 32.7 Å². The molecule has 200 valence electrons. The molecular weight excluding hydrogens is 459 g/mol. The fraction of sp³-hybridized carbons (Fsp3) is 0.840. The Morgan fingerprint density at radius 2 is 1.41 bits per heavy atom. The first-order valence-electron chi connectivity index (χ1n) is 13.0. The fourth-order valence-electron chi connectivity index (χ4n) is 3.22. The Balaban J connectivity index is 4.32. The van der Waals surface area contributed by atoms with Crippen LogP contribution in [0.3, 0.4) is 0 Å². The zero-order valence-electron chi connectivity index (χ0n) is 21.5. The van der Waals surface area contributed by atoms with E-state index < -0.39 is 26.5 Å². The van der Waals surface area contributed by atoms with Gasteiger partial charge in [-0.3, -0.25) is 18.6 Å². The monoisotopic (exact) mass is 506 g/mol. The van der Waals surface area contributed by atoms with Crippen LogP contribution in [0.15, 0.2) is 12.2 Å². The zero-order valence-corrected chi connectivity index (χ0v) is 22.4. The van der Waals surface area contributed by atoms with Crippen molar-refractivity contribution in [2.24, 2.45) is 0 Å². The highest BCUT2D eigenvalue weighted by molar-refractivity contribution is 7.47. The van der Waals surface area contributed by atoms with Gasteiger partial charge in [-0.15, -0.1) is 0 Å². The van der Waals surface area contributed by atoms with Gasteiger partial charge < -0.3 is 14.4 Å². The molecule has 0 aromatic heterocycles. The van der Waals surface area contributed by atoms with Crippen LogP contribution in [0.5, 0.6) is 0 Å². The lowest BCUT2D eigenvalue weighted by Crippen LogP contribution is -2.29. The Morgan fingerprint density at radius 1 is 0.794 bits per heavy atom. The van der Waals surface area contributed by atoms with E-state index in [1.54, 1.807) is 6.92 Å². The van der Waals surface area contributed by atoms with E-state index in [1.807, 2.05) is 0 Å². The number of allylic oxidation sites excluding steroid dienone is 2. The number of esters is 2. The summed E-state index contributed by atoms with van der Waals surface area (Å²) >= 11 is 0. The van der Waals surface area contributed by atoms with E-state index in [0.717, 1.165) is 70.6 Å². The molecule has 0 aliphatic carbocycles. The maximum atomic E-state index is 12.2. The number of hydrogen-bond donors (Lipinski definition) is 1. The van der Waals surface area contributed by atoms with Gasteiger partial charge in [0.15, 0.2) is 6.10 Å². The molecule has 0 amide bonds. The van der Waals surface area contributed by atoms with Crippen molar-refractivity contribution in [2.45, 2.75) is 117 Å². The summed E-state index contributed by atoms with van der Waals surface area (Å²) in [6.45, 7) is 5.19. The van der Waals surface area contributed by atoms with Crippen LogP contribution in [0.1, 0.15) is 111 Å². The van der Waals surface area contributed by atoms with E-state index in [2.05, 4.69) is 30.5 Å². The van der Waals surface area contributed by atoms with Gasteiger partial charge in [0.1, 0.15) is 6.61 Å². The first-order valence-corrected chi connectivity index (χ1v) is 14.5. The molecular formula is C25H47O8P. The van der Waals surface area contributed by atoms with Crippen molar-refractivity contribution in [3.05, 3.63) is 12.2 Å². The first kappa shape index (κ1) is 32.8. The van der Waals surface area contributed by atoms with Crippen molar-refractivity contribution in [2.75, 3.05) is 19.8 Å². The Kier molecular flexibility index (Phi) is 21.5. The normalized spacial score (nSPS) is 14.1. The molecule has 34 heavy (non-hydrogen) atoms. The first-order chi connectivity index (χ1) is 16.3. The molecule has 0 radical (unpaired) electrons. The highest BCUT2D eigenvalue weighted by Gasteiger charge is 2.25. The SMILES string of the molecule is CC/C=C/CCCCCCCC(=O)OC[C@H](COP(=O)(O)OCC)OC(=O)CCCCCCC. The quantitative estimate of drug-likeness (QED) is 0.0710. The van der Waals surface area contributed by atoms with Crippen molar-refractivity contribution < 1.29 is 37.6 Å². The lowest BCUT2D eigenvalue weighted by Gasteiger charge is -2.19. The lowest BCUT2D eigenvalue weighted by atomic mass is 10.1. The van der Waals surface area contributed by atoms with Crippen molar-refractivity contribution in [3.63, 3.8) is 0 Å². The largest absolute Gasteiger partial charge is 0.472 e. The molecule has 1 unspecified atom stereocenters. The number of rotatable bonds is 23. The van der Waals surface area contributed by atoms with Crippen molar-refractivity contribution in [3.8, 4) is 0 Å². The van der Waals surface area contributed by atoms with Gasteiger partial charge in [-0.25, -0.2) is 4.57 Å². The number of carbonyl (C=O) groups is 2. The summed E-state index contributed by atoms with van der Waals surface area (Å²) in [7, 11) is -4.24. The number of carbonyl (C=O) groups excluding carboxylic acids is 2. The van der Waals surface area contributed by atoms with Crippen LogP contribution in [0, 0.1) is 0 Å². The summed E-state index contributed by atoms with van der Waals surface area (Å²) in [4.78, 5) is 33.8. The third-order valence-electron chi connectivity index (χ3n) is 5.08. The predicted octanol–water partition coefficient (Wildman–Crippen LogP) is 6.65. The predicted molar refractivity (Wildman–Crippen MR) is 133 cm³/mol. The Labute approximate surface area is 206 Å². The van der Waals surface area contributed by atoms with Crippen LogP contribution < -0.4 is 0 Å². The van der Waals surface area contributed by atoms with E-state index in [0.29, 0.717) is 6.42 Å². The Bertz CT molecular complexity index is 593. The van der Waals surface area contributed by atoms with Gasteiger partial charge in [0, 0.05) is 12.8 Å². The summed E-state index contributed by atoms with van der Waals surface area (Å²) < 4.78 is 31.9. The number of unbranched alkanes of at least 4 members (excludes halogenated alkanes) is 9. The summed E-state index contributed by atoms with van der Waals surface area (Å²) in [5.74, 6) is -0.831. The Morgan fingerprint density at radius 3 is 2.06 bits per heavy atom. The minimum absolute atomic E-state index is 0.000415. The minimum Gasteiger partial charge on any atom is -0.462 e.